The molecular formula is C14H24N2O. The smallest absolute Gasteiger partial charge is 0.227 e. The molecule has 2 aliphatic carbocycles. The summed E-state index contributed by atoms with van der Waals surface area (Å²) in [4.78, 5) is 12.4. The van der Waals surface area contributed by atoms with Crippen molar-refractivity contribution in [2.24, 2.45) is 17.3 Å². The largest absolute Gasteiger partial charge is 0.352 e. The van der Waals surface area contributed by atoms with Crippen LogP contribution >= 0.6 is 0 Å². The fraction of sp³-hybridized carbons (Fsp3) is 0.929. The normalized spacial score (nSPS) is 33.8. The Morgan fingerprint density at radius 1 is 1.29 bits per heavy atom. The van der Waals surface area contributed by atoms with Crippen LogP contribution in [0.5, 0.6) is 0 Å². The molecular weight excluding hydrogens is 212 g/mol. The average Bonchev–Trinajstić information content (AvgIpc) is 3.17. The van der Waals surface area contributed by atoms with E-state index in [2.05, 4.69) is 17.6 Å². The van der Waals surface area contributed by atoms with Gasteiger partial charge in [-0.1, -0.05) is 0 Å². The number of hydrogen-bond acceptors (Lipinski definition) is 2. The van der Waals surface area contributed by atoms with Crippen LogP contribution in [0.3, 0.4) is 0 Å². The predicted octanol–water partition coefficient (Wildman–Crippen LogP) is 1.68. The first-order chi connectivity index (χ1) is 8.19. The van der Waals surface area contributed by atoms with Gasteiger partial charge in [-0.25, -0.2) is 0 Å². The third-order valence-corrected chi connectivity index (χ3v) is 4.70. The second-order valence-electron chi connectivity index (χ2n) is 6.52. The van der Waals surface area contributed by atoms with Gasteiger partial charge in [0.25, 0.3) is 0 Å². The Labute approximate surface area is 104 Å². The average molecular weight is 236 g/mol. The van der Waals surface area contributed by atoms with Crippen molar-refractivity contribution in [3.8, 4) is 0 Å². The van der Waals surface area contributed by atoms with Crippen molar-refractivity contribution in [3.05, 3.63) is 0 Å². The zero-order chi connectivity index (χ0) is 11.9. The first-order valence-corrected chi connectivity index (χ1v) is 7.21. The van der Waals surface area contributed by atoms with Gasteiger partial charge in [0.1, 0.15) is 0 Å². The maximum Gasteiger partial charge on any atom is 0.227 e. The van der Waals surface area contributed by atoms with Gasteiger partial charge >= 0.3 is 0 Å². The van der Waals surface area contributed by atoms with E-state index in [-0.39, 0.29) is 5.41 Å². The molecule has 2 saturated carbocycles. The molecule has 0 aromatic rings. The second-order valence-corrected chi connectivity index (χ2v) is 6.52. The van der Waals surface area contributed by atoms with Gasteiger partial charge in [0.2, 0.25) is 5.91 Å². The van der Waals surface area contributed by atoms with Crippen LogP contribution in [0.1, 0.15) is 45.4 Å². The first-order valence-electron chi connectivity index (χ1n) is 7.21. The van der Waals surface area contributed by atoms with Gasteiger partial charge < -0.3 is 10.6 Å². The second kappa shape index (κ2) is 4.27. The summed E-state index contributed by atoms with van der Waals surface area (Å²) in [6.45, 7) is 4.03. The summed E-state index contributed by atoms with van der Waals surface area (Å²) in [6.07, 6.45) is 7.48. The number of rotatable bonds is 4. The zero-order valence-corrected chi connectivity index (χ0v) is 10.8. The maximum atomic E-state index is 12.4. The number of nitrogens with one attached hydrogen (secondary N) is 2. The molecule has 1 amide bonds. The lowest BCUT2D eigenvalue weighted by Gasteiger charge is -2.34. The predicted molar refractivity (Wildman–Crippen MR) is 67.6 cm³/mol. The van der Waals surface area contributed by atoms with Crippen LogP contribution in [-0.4, -0.2) is 25.0 Å². The first kappa shape index (κ1) is 11.5. The van der Waals surface area contributed by atoms with Gasteiger partial charge in [0, 0.05) is 12.6 Å². The van der Waals surface area contributed by atoms with Crippen LogP contribution in [0.25, 0.3) is 0 Å². The third kappa shape index (κ3) is 2.49. The summed E-state index contributed by atoms with van der Waals surface area (Å²) in [6, 6.07) is 0.501. The lowest BCUT2D eigenvalue weighted by molar-refractivity contribution is -0.132. The van der Waals surface area contributed by atoms with Crippen molar-refractivity contribution in [2.75, 3.05) is 13.1 Å². The van der Waals surface area contributed by atoms with Crippen LogP contribution in [0.2, 0.25) is 0 Å². The van der Waals surface area contributed by atoms with E-state index in [4.69, 9.17) is 0 Å². The molecule has 1 unspecified atom stereocenters. The number of piperidine rings is 1. The quantitative estimate of drug-likeness (QED) is 0.780. The van der Waals surface area contributed by atoms with Crippen LogP contribution in [0.4, 0.5) is 0 Å². The van der Waals surface area contributed by atoms with Crippen molar-refractivity contribution in [3.63, 3.8) is 0 Å². The SMILES string of the molecule is CC1(C(=O)NC(C2CC2)C2CC2)CCCNC1. The summed E-state index contributed by atoms with van der Waals surface area (Å²) in [5.41, 5.74) is -0.166. The van der Waals surface area contributed by atoms with Gasteiger partial charge in [-0.15, -0.1) is 0 Å². The molecule has 0 aromatic heterocycles. The Hall–Kier alpha value is -0.570. The van der Waals surface area contributed by atoms with E-state index in [1.165, 1.54) is 25.7 Å². The monoisotopic (exact) mass is 236 g/mol. The van der Waals surface area contributed by atoms with Gasteiger partial charge in [-0.2, -0.15) is 0 Å². The minimum Gasteiger partial charge on any atom is -0.352 e. The van der Waals surface area contributed by atoms with E-state index in [9.17, 15) is 4.79 Å². The van der Waals surface area contributed by atoms with Crippen LogP contribution in [0, 0.1) is 17.3 Å². The molecule has 0 aromatic carbocycles. The molecule has 1 saturated heterocycles. The van der Waals surface area contributed by atoms with Crippen molar-refractivity contribution in [2.45, 2.75) is 51.5 Å². The Morgan fingerprint density at radius 2 is 1.94 bits per heavy atom. The number of amides is 1. The summed E-state index contributed by atoms with van der Waals surface area (Å²) in [7, 11) is 0. The topological polar surface area (TPSA) is 41.1 Å². The van der Waals surface area contributed by atoms with E-state index in [0.29, 0.717) is 11.9 Å². The molecule has 2 N–H and O–H groups in total. The number of carbonyl (C=O) groups is 1. The van der Waals surface area contributed by atoms with Gasteiger partial charge in [-0.3, -0.25) is 4.79 Å². The maximum absolute atomic E-state index is 12.4. The molecule has 0 radical (unpaired) electrons. The fourth-order valence-electron chi connectivity index (χ4n) is 3.11. The fourth-order valence-corrected chi connectivity index (χ4v) is 3.11. The van der Waals surface area contributed by atoms with Gasteiger partial charge in [0.05, 0.1) is 5.41 Å². The van der Waals surface area contributed by atoms with Crippen LogP contribution < -0.4 is 10.6 Å². The molecule has 96 valence electrons. The van der Waals surface area contributed by atoms with Crippen LogP contribution in [0.15, 0.2) is 0 Å². The Balaban J connectivity index is 1.60. The highest BCUT2D eigenvalue weighted by molar-refractivity contribution is 5.83. The van der Waals surface area contributed by atoms with E-state index in [1.807, 2.05) is 0 Å². The lowest BCUT2D eigenvalue weighted by atomic mass is 9.81. The highest BCUT2D eigenvalue weighted by Gasteiger charge is 2.44. The standard InChI is InChI=1S/C14H24N2O/c1-14(7-2-8-15-9-14)13(17)16-12(10-3-4-10)11-5-6-11/h10-12,15H,2-9H2,1H3,(H,16,17). The van der Waals surface area contributed by atoms with Crippen LogP contribution in [-0.2, 0) is 4.79 Å². The molecule has 3 nitrogen and oxygen atoms in total. The highest BCUT2D eigenvalue weighted by Crippen LogP contribution is 2.45. The molecule has 1 aliphatic heterocycles. The number of hydrogen-bond donors (Lipinski definition) is 2. The lowest BCUT2D eigenvalue weighted by Crippen LogP contribution is -2.52. The molecule has 3 heteroatoms. The Kier molecular flexibility index (Phi) is 2.89. The minimum absolute atomic E-state index is 0.166. The number of carbonyl (C=O) groups excluding carboxylic acids is 1. The van der Waals surface area contributed by atoms with Gasteiger partial charge in [-0.05, 0) is 63.8 Å². The minimum atomic E-state index is -0.166. The van der Waals surface area contributed by atoms with Crippen molar-refractivity contribution in [1.82, 2.24) is 10.6 Å². The molecule has 17 heavy (non-hydrogen) atoms. The molecule has 1 heterocycles. The van der Waals surface area contributed by atoms with E-state index in [1.54, 1.807) is 0 Å². The van der Waals surface area contributed by atoms with Crippen molar-refractivity contribution in [1.29, 1.82) is 0 Å². The Bertz CT molecular complexity index is 289. The van der Waals surface area contributed by atoms with Crippen molar-refractivity contribution >= 4 is 5.91 Å². The summed E-state index contributed by atoms with van der Waals surface area (Å²) in [5, 5.41) is 6.73. The Morgan fingerprint density at radius 3 is 2.41 bits per heavy atom. The van der Waals surface area contributed by atoms with Gasteiger partial charge in [0.15, 0.2) is 0 Å². The molecule has 0 spiro atoms. The summed E-state index contributed by atoms with van der Waals surface area (Å²) < 4.78 is 0. The van der Waals surface area contributed by atoms with Crippen molar-refractivity contribution < 1.29 is 4.79 Å². The summed E-state index contributed by atoms with van der Waals surface area (Å²) in [5.74, 6) is 1.90. The zero-order valence-electron chi connectivity index (χ0n) is 10.8. The summed E-state index contributed by atoms with van der Waals surface area (Å²) >= 11 is 0. The third-order valence-electron chi connectivity index (χ3n) is 4.70. The van der Waals surface area contributed by atoms with E-state index in [0.717, 1.165) is 37.8 Å². The molecule has 3 rings (SSSR count). The molecule has 0 bridgehead atoms. The van der Waals surface area contributed by atoms with E-state index < -0.39 is 0 Å². The van der Waals surface area contributed by atoms with E-state index >= 15 is 0 Å². The highest BCUT2D eigenvalue weighted by atomic mass is 16.2. The molecule has 3 fully saturated rings. The molecule has 1 atom stereocenters. The molecule has 3 aliphatic rings.